The first-order valence-corrected chi connectivity index (χ1v) is 4.11. The maximum absolute atomic E-state index is 5.61. The summed E-state index contributed by atoms with van der Waals surface area (Å²) in [5, 5.41) is 5.44. The van der Waals surface area contributed by atoms with E-state index in [0.29, 0.717) is 0 Å². The molecule has 0 fully saturated rings. The lowest BCUT2D eigenvalue weighted by atomic mass is 9.95. The monoisotopic (exact) mass is 160 g/mol. The van der Waals surface area contributed by atoms with Crippen molar-refractivity contribution in [1.29, 1.82) is 0 Å². The van der Waals surface area contributed by atoms with Crippen LogP contribution in [0.25, 0.3) is 0 Å². The van der Waals surface area contributed by atoms with Gasteiger partial charge < -0.3 is 5.73 Å². The third kappa shape index (κ3) is 2.62. The van der Waals surface area contributed by atoms with Gasteiger partial charge in [0, 0.05) is 10.6 Å². The van der Waals surface area contributed by atoms with Gasteiger partial charge >= 0.3 is 0 Å². The predicted molar refractivity (Wildman–Crippen MR) is 48.1 cm³/mol. The van der Waals surface area contributed by atoms with Gasteiger partial charge in [-0.1, -0.05) is 32.7 Å². The molecule has 0 aliphatic carbocycles. The Hall–Kier alpha value is -0.150. The molecule has 3 heteroatoms. The third-order valence-electron chi connectivity index (χ3n) is 1.16. The topological polar surface area (TPSA) is 52.0 Å². The van der Waals surface area contributed by atoms with Crippen molar-refractivity contribution >= 4 is 11.9 Å². The van der Waals surface area contributed by atoms with E-state index in [4.69, 9.17) is 10.9 Å². The SMILES string of the molecule is C/C(N)=C(/SN)C(C)(C)C. The molecule has 2 nitrogen and oxygen atoms in total. The molecule has 10 heavy (non-hydrogen) atoms. The van der Waals surface area contributed by atoms with Gasteiger partial charge in [0.2, 0.25) is 0 Å². The van der Waals surface area contributed by atoms with Crippen LogP contribution in [0.4, 0.5) is 0 Å². The minimum absolute atomic E-state index is 0.0816. The van der Waals surface area contributed by atoms with Crippen molar-refractivity contribution in [3.05, 3.63) is 10.6 Å². The first-order valence-electron chi connectivity index (χ1n) is 3.23. The highest BCUT2D eigenvalue weighted by molar-refractivity contribution is 8.01. The highest BCUT2D eigenvalue weighted by atomic mass is 32.2. The predicted octanol–water partition coefficient (Wildman–Crippen LogP) is 1.83. The lowest BCUT2D eigenvalue weighted by Gasteiger charge is -2.21. The van der Waals surface area contributed by atoms with Crippen LogP contribution in [0.3, 0.4) is 0 Å². The quantitative estimate of drug-likeness (QED) is 0.575. The summed E-state index contributed by atoms with van der Waals surface area (Å²) in [6.07, 6.45) is 0. The Labute approximate surface area is 67.2 Å². The van der Waals surface area contributed by atoms with Crippen molar-refractivity contribution in [2.75, 3.05) is 0 Å². The summed E-state index contributed by atoms with van der Waals surface area (Å²) >= 11 is 1.24. The second kappa shape index (κ2) is 3.30. The second-order valence-electron chi connectivity index (χ2n) is 3.38. The van der Waals surface area contributed by atoms with Crippen LogP contribution in [0, 0.1) is 5.41 Å². The Bertz CT molecular complexity index is 140. The fourth-order valence-corrected chi connectivity index (χ4v) is 1.40. The van der Waals surface area contributed by atoms with Gasteiger partial charge in [-0.15, -0.1) is 0 Å². The Morgan fingerprint density at radius 1 is 1.30 bits per heavy atom. The van der Waals surface area contributed by atoms with E-state index in [2.05, 4.69) is 20.8 Å². The molecule has 0 aromatic carbocycles. The van der Waals surface area contributed by atoms with E-state index in [1.165, 1.54) is 11.9 Å². The van der Waals surface area contributed by atoms with Gasteiger partial charge in [0.15, 0.2) is 0 Å². The minimum Gasteiger partial charge on any atom is -0.402 e. The van der Waals surface area contributed by atoms with Gasteiger partial charge in [-0.3, -0.25) is 5.14 Å². The lowest BCUT2D eigenvalue weighted by Crippen LogP contribution is -2.13. The zero-order chi connectivity index (χ0) is 8.36. The maximum atomic E-state index is 5.61. The molecular weight excluding hydrogens is 144 g/mol. The van der Waals surface area contributed by atoms with E-state index in [0.717, 1.165) is 10.6 Å². The average Bonchev–Trinajstić information content (AvgIpc) is 1.60. The fourth-order valence-electron chi connectivity index (χ4n) is 0.861. The molecule has 0 radical (unpaired) electrons. The van der Waals surface area contributed by atoms with E-state index in [-0.39, 0.29) is 5.41 Å². The van der Waals surface area contributed by atoms with E-state index in [1.54, 1.807) is 0 Å². The molecule has 0 amide bonds. The van der Waals surface area contributed by atoms with Crippen LogP contribution in [0.15, 0.2) is 10.6 Å². The Kier molecular flexibility index (Phi) is 3.25. The Morgan fingerprint density at radius 3 is 1.70 bits per heavy atom. The molecule has 0 saturated heterocycles. The van der Waals surface area contributed by atoms with E-state index >= 15 is 0 Å². The van der Waals surface area contributed by atoms with Crippen molar-refractivity contribution in [2.45, 2.75) is 27.7 Å². The number of hydrogen-bond donors (Lipinski definition) is 2. The first-order chi connectivity index (χ1) is 4.39. The highest BCUT2D eigenvalue weighted by Crippen LogP contribution is 2.32. The van der Waals surface area contributed by atoms with Crippen molar-refractivity contribution in [2.24, 2.45) is 16.3 Å². The van der Waals surface area contributed by atoms with Gasteiger partial charge in [0.05, 0.1) is 0 Å². The minimum atomic E-state index is 0.0816. The van der Waals surface area contributed by atoms with Crippen molar-refractivity contribution in [3.8, 4) is 0 Å². The molecule has 0 aliphatic rings. The number of rotatable bonds is 1. The first kappa shape index (κ1) is 9.85. The van der Waals surface area contributed by atoms with Crippen molar-refractivity contribution in [1.82, 2.24) is 0 Å². The summed E-state index contributed by atoms with van der Waals surface area (Å²) in [7, 11) is 0. The Balaban J connectivity index is 4.55. The van der Waals surface area contributed by atoms with E-state index in [9.17, 15) is 0 Å². The summed E-state index contributed by atoms with van der Waals surface area (Å²) in [6, 6.07) is 0. The molecular formula is C7H16N2S. The molecule has 0 spiro atoms. The molecule has 0 bridgehead atoms. The normalized spacial score (nSPS) is 14.9. The van der Waals surface area contributed by atoms with E-state index in [1.807, 2.05) is 6.92 Å². The second-order valence-corrected chi connectivity index (χ2v) is 4.02. The number of hydrogen-bond acceptors (Lipinski definition) is 3. The van der Waals surface area contributed by atoms with E-state index < -0.39 is 0 Å². The van der Waals surface area contributed by atoms with Crippen LogP contribution in [0.5, 0.6) is 0 Å². The van der Waals surface area contributed by atoms with Crippen LogP contribution >= 0.6 is 11.9 Å². The van der Waals surface area contributed by atoms with Gasteiger partial charge in [-0.25, -0.2) is 0 Å². The van der Waals surface area contributed by atoms with Crippen LogP contribution in [0.2, 0.25) is 0 Å². The summed E-state index contributed by atoms with van der Waals surface area (Å²) in [6.45, 7) is 8.16. The zero-order valence-corrected chi connectivity index (χ0v) is 7.88. The van der Waals surface area contributed by atoms with Crippen LogP contribution < -0.4 is 10.9 Å². The molecule has 0 aliphatic heterocycles. The highest BCUT2D eigenvalue weighted by Gasteiger charge is 2.17. The molecule has 60 valence electrons. The molecule has 0 unspecified atom stereocenters. The number of nitrogens with two attached hydrogens (primary N) is 2. The molecule has 0 saturated carbocycles. The molecule has 4 N–H and O–H groups in total. The molecule has 0 aromatic rings. The molecule has 0 aromatic heterocycles. The summed E-state index contributed by atoms with van der Waals surface area (Å²) in [5.74, 6) is 0. The van der Waals surface area contributed by atoms with Gasteiger partial charge in [0.25, 0.3) is 0 Å². The third-order valence-corrected chi connectivity index (χ3v) is 2.33. The Morgan fingerprint density at radius 2 is 1.70 bits per heavy atom. The largest absolute Gasteiger partial charge is 0.402 e. The standard InChI is InChI=1S/C7H16N2S/c1-5(8)6(10-9)7(2,3)4/h8-9H2,1-4H3/b6-5-. The maximum Gasteiger partial charge on any atom is 0.0239 e. The zero-order valence-electron chi connectivity index (χ0n) is 7.06. The van der Waals surface area contributed by atoms with Gasteiger partial charge in [-0.2, -0.15) is 0 Å². The van der Waals surface area contributed by atoms with Gasteiger partial charge in [0.1, 0.15) is 0 Å². The van der Waals surface area contributed by atoms with Crippen LogP contribution in [-0.4, -0.2) is 0 Å². The summed E-state index contributed by atoms with van der Waals surface area (Å²) < 4.78 is 0. The van der Waals surface area contributed by atoms with Crippen molar-refractivity contribution < 1.29 is 0 Å². The summed E-state index contributed by atoms with van der Waals surface area (Å²) in [5.41, 5.74) is 6.51. The fraction of sp³-hybridized carbons (Fsp3) is 0.714. The molecule has 0 heterocycles. The molecule has 0 rings (SSSR count). The lowest BCUT2D eigenvalue weighted by molar-refractivity contribution is 0.528. The summed E-state index contributed by atoms with van der Waals surface area (Å²) in [4.78, 5) is 1.06. The van der Waals surface area contributed by atoms with Crippen molar-refractivity contribution in [3.63, 3.8) is 0 Å². The molecule has 0 atom stereocenters. The number of allylic oxidation sites excluding steroid dienone is 2. The average molecular weight is 160 g/mol. The van der Waals surface area contributed by atoms with Crippen LogP contribution in [0.1, 0.15) is 27.7 Å². The van der Waals surface area contributed by atoms with Gasteiger partial charge in [-0.05, 0) is 12.3 Å². The van der Waals surface area contributed by atoms with Crippen LogP contribution in [-0.2, 0) is 0 Å². The smallest absolute Gasteiger partial charge is 0.0239 e.